The van der Waals surface area contributed by atoms with Crippen molar-refractivity contribution in [3.8, 4) is 0 Å². The molecular weight excluding hydrogens is 383 g/mol. The Kier molecular flexibility index (Phi) is 6.26. The monoisotopic (exact) mass is 410 g/mol. The first kappa shape index (κ1) is 20.3. The highest BCUT2D eigenvalue weighted by molar-refractivity contribution is 5.92. The fraction of sp³-hybridized carbons (Fsp3) is 0.435. The first-order valence-electron chi connectivity index (χ1n) is 10.7. The Morgan fingerprint density at radius 1 is 1.30 bits per heavy atom. The number of nitrogens with zero attached hydrogens (tertiary/aromatic N) is 3. The second kappa shape index (κ2) is 9.24. The van der Waals surface area contributed by atoms with Crippen molar-refractivity contribution in [1.29, 1.82) is 0 Å². The third-order valence-electron chi connectivity index (χ3n) is 5.56. The molecule has 0 saturated carbocycles. The molecule has 2 aromatic heterocycles. The van der Waals surface area contributed by atoms with Gasteiger partial charge in [-0.3, -0.25) is 9.89 Å². The summed E-state index contributed by atoms with van der Waals surface area (Å²) in [5, 5.41) is 7.23. The van der Waals surface area contributed by atoms with Crippen LogP contribution in [-0.2, 0) is 12.8 Å². The summed E-state index contributed by atoms with van der Waals surface area (Å²) in [5.41, 5.74) is 2.39. The van der Waals surface area contributed by atoms with Gasteiger partial charge in [-0.1, -0.05) is 25.5 Å². The Balaban J connectivity index is 1.48. The summed E-state index contributed by atoms with van der Waals surface area (Å²) in [6, 6.07) is 8.02. The minimum atomic E-state index is -0.260. The van der Waals surface area contributed by atoms with Gasteiger partial charge in [-0.25, -0.2) is 9.37 Å². The molecule has 1 aliphatic rings. The molecule has 1 N–H and O–H groups in total. The van der Waals surface area contributed by atoms with Gasteiger partial charge in [-0.05, 0) is 55.9 Å². The van der Waals surface area contributed by atoms with Crippen LogP contribution in [0.3, 0.4) is 0 Å². The van der Waals surface area contributed by atoms with Gasteiger partial charge in [-0.15, -0.1) is 0 Å². The third-order valence-corrected chi connectivity index (χ3v) is 5.56. The van der Waals surface area contributed by atoms with Crippen LogP contribution >= 0.6 is 0 Å². The van der Waals surface area contributed by atoms with Gasteiger partial charge in [0.2, 0.25) is 5.89 Å². The standard InChI is InChI=1S/C23H27FN4O2/c1-2-3-6-18-14-20(27-26-18)23(29)28-12-5-4-7-21(28)22-25-15-19(30-22)13-16-8-10-17(24)11-9-16/h8-11,14-15,21H,2-7,12-13H2,1H3,(H,26,27). The molecule has 0 aliphatic carbocycles. The Hall–Kier alpha value is -2.96. The van der Waals surface area contributed by atoms with Crippen LogP contribution in [0.5, 0.6) is 0 Å². The number of aromatic amines is 1. The van der Waals surface area contributed by atoms with Crippen LogP contribution in [0.25, 0.3) is 0 Å². The second-order valence-electron chi connectivity index (χ2n) is 7.86. The lowest BCUT2D eigenvalue weighted by atomic mass is 10.0. The summed E-state index contributed by atoms with van der Waals surface area (Å²) in [6.45, 7) is 2.80. The lowest BCUT2D eigenvalue weighted by molar-refractivity contribution is 0.0564. The molecule has 1 aliphatic heterocycles. The molecule has 1 aromatic carbocycles. The van der Waals surface area contributed by atoms with E-state index in [9.17, 15) is 9.18 Å². The zero-order chi connectivity index (χ0) is 20.9. The molecule has 1 unspecified atom stereocenters. The van der Waals surface area contributed by atoms with Gasteiger partial charge in [0.05, 0.1) is 6.20 Å². The average Bonchev–Trinajstić information content (AvgIpc) is 3.43. The lowest BCUT2D eigenvalue weighted by Gasteiger charge is -2.33. The van der Waals surface area contributed by atoms with Gasteiger partial charge in [-0.2, -0.15) is 5.10 Å². The second-order valence-corrected chi connectivity index (χ2v) is 7.86. The number of rotatable bonds is 7. The number of nitrogens with one attached hydrogen (secondary N) is 1. The molecule has 1 saturated heterocycles. The van der Waals surface area contributed by atoms with E-state index in [-0.39, 0.29) is 17.8 Å². The summed E-state index contributed by atoms with van der Waals surface area (Å²) in [4.78, 5) is 19.4. The number of H-pyrrole nitrogens is 1. The van der Waals surface area contributed by atoms with E-state index in [1.165, 1.54) is 12.1 Å². The molecule has 3 heterocycles. The predicted molar refractivity (Wildman–Crippen MR) is 111 cm³/mol. The Morgan fingerprint density at radius 3 is 2.93 bits per heavy atom. The van der Waals surface area contributed by atoms with Crippen LogP contribution in [0.1, 0.15) is 78.5 Å². The highest BCUT2D eigenvalue weighted by Crippen LogP contribution is 2.32. The number of hydrogen-bond acceptors (Lipinski definition) is 4. The van der Waals surface area contributed by atoms with Gasteiger partial charge < -0.3 is 9.32 Å². The molecule has 1 amide bonds. The van der Waals surface area contributed by atoms with E-state index in [1.807, 2.05) is 11.0 Å². The molecule has 7 heteroatoms. The van der Waals surface area contributed by atoms with Crippen molar-refractivity contribution in [2.75, 3.05) is 6.54 Å². The molecule has 0 bridgehead atoms. The van der Waals surface area contributed by atoms with Crippen molar-refractivity contribution in [2.45, 2.75) is 57.9 Å². The number of halogens is 1. The molecular formula is C23H27FN4O2. The van der Waals surface area contributed by atoms with Crippen molar-refractivity contribution < 1.29 is 13.6 Å². The number of carbonyl (C=O) groups excluding carboxylic acids is 1. The topological polar surface area (TPSA) is 75.0 Å². The van der Waals surface area contributed by atoms with E-state index in [0.717, 1.165) is 49.8 Å². The number of carbonyl (C=O) groups is 1. The largest absolute Gasteiger partial charge is 0.443 e. The zero-order valence-corrected chi connectivity index (χ0v) is 17.2. The van der Waals surface area contributed by atoms with E-state index in [2.05, 4.69) is 22.1 Å². The average molecular weight is 410 g/mol. The number of aryl methyl sites for hydroxylation is 1. The van der Waals surface area contributed by atoms with Gasteiger partial charge in [0.25, 0.3) is 5.91 Å². The number of amides is 1. The van der Waals surface area contributed by atoms with Gasteiger partial charge in [0.1, 0.15) is 23.3 Å². The highest BCUT2D eigenvalue weighted by Gasteiger charge is 2.33. The number of aromatic nitrogens is 3. The SMILES string of the molecule is CCCCc1cc(C(=O)N2CCCCC2c2ncc(Cc3ccc(F)cc3)o2)n[nH]1. The molecule has 4 rings (SSSR count). The normalized spacial score (nSPS) is 16.7. The number of likely N-dealkylation sites (tertiary alicyclic amines) is 1. The molecule has 3 aromatic rings. The zero-order valence-electron chi connectivity index (χ0n) is 17.2. The number of benzene rings is 1. The minimum absolute atomic E-state index is 0.0861. The minimum Gasteiger partial charge on any atom is -0.443 e. The fourth-order valence-electron chi connectivity index (χ4n) is 3.91. The van der Waals surface area contributed by atoms with E-state index in [4.69, 9.17) is 4.42 Å². The third kappa shape index (κ3) is 4.61. The smallest absolute Gasteiger partial charge is 0.275 e. The maximum absolute atomic E-state index is 13.1. The molecule has 1 fully saturated rings. The molecule has 158 valence electrons. The van der Waals surface area contributed by atoms with E-state index in [1.54, 1.807) is 18.3 Å². The first-order valence-corrected chi connectivity index (χ1v) is 10.7. The number of unbranched alkanes of at least 4 members (excludes halogenated alkanes) is 1. The van der Waals surface area contributed by atoms with Crippen LogP contribution in [0.4, 0.5) is 4.39 Å². The van der Waals surface area contributed by atoms with Gasteiger partial charge in [0, 0.05) is 18.7 Å². The van der Waals surface area contributed by atoms with E-state index >= 15 is 0 Å². The van der Waals surface area contributed by atoms with Crippen molar-refractivity contribution >= 4 is 5.91 Å². The van der Waals surface area contributed by atoms with Crippen molar-refractivity contribution in [1.82, 2.24) is 20.1 Å². The Bertz CT molecular complexity index is 979. The van der Waals surface area contributed by atoms with Gasteiger partial charge >= 0.3 is 0 Å². The molecule has 1 atom stereocenters. The van der Waals surface area contributed by atoms with Crippen molar-refractivity contribution in [3.63, 3.8) is 0 Å². The Labute approximate surface area is 175 Å². The van der Waals surface area contributed by atoms with Crippen LogP contribution in [0.15, 0.2) is 40.9 Å². The fourth-order valence-corrected chi connectivity index (χ4v) is 3.91. The van der Waals surface area contributed by atoms with Crippen molar-refractivity contribution in [2.24, 2.45) is 0 Å². The predicted octanol–water partition coefficient (Wildman–Crippen LogP) is 4.84. The maximum Gasteiger partial charge on any atom is 0.275 e. The highest BCUT2D eigenvalue weighted by atomic mass is 19.1. The number of oxazole rings is 1. The van der Waals surface area contributed by atoms with Crippen LogP contribution < -0.4 is 0 Å². The maximum atomic E-state index is 13.1. The Morgan fingerprint density at radius 2 is 2.13 bits per heavy atom. The van der Waals surface area contributed by atoms with Crippen LogP contribution in [-0.4, -0.2) is 32.5 Å². The molecule has 0 radical (unpaired) electrons. The summed E-state index contributed by atoms with van der Waals surface area (Å²) < 4.78 is 19.1. The van der Waals surface area contributed by atoms with E-state index in [0.29, 0.717) is 30.3 Å². The first-order chi connectivity index (χ1) is 14.6. The molecule has 30 heavy (non-hydrogen) atoms. The quantitative estimate of drug-likeness (QED) is 0.605. The number of hydrogen-bond donors (Lipinski definition) is 1. The molecule has 0 spiro atoms. The lowest BCUT2D eigenvalue weighted by Crippen LogP contribution is -2.38. The number of piperidine rings is 1. The molecule has 6 nitrogen and oxygen atoms in total. The summed E-state index contributed by atoms with van der Waals surface area (Å²) in [7, 11) is 0. The summed E-state index contributed by atoms with van der Waals surface area (Å²) in [6.07, 6.45) is 8.09. The van der Waals surface area contributed by atoms with Gasteiger partial charge in [0.15, 0.2) is 0 Å². The van der Waals surface area contributed by atoms with Crippen LogP contribution in [0, 0.1) is 5.82 Å². The summed E-state index contributed by atoms with van der Waals surface area (Å²) >= 11 is 0. The van der Waals surface area contributed by atoms with Crippen LogP contribution in [0.2, 0.25) is 0 Å². The van der Waals surface area contributed by atoms with E-state index < -0.39 is 0 Å². The summed E-state index contributed by atoms with van der Waals surface area (Å²) in [5.74, 6) is 0.916. The van der Waals surface area contributed by atoms with Crippen molar-refractivity contribution in [3.05, 3.63) is 70.9 Å².